The fourth-order valence-corrected chi connectivity index (χ4v) is 3.48. The summed E-state index contributed by atoms with van der Waals surface area (Å²) in [5.74, 6) is 0.166. The highest BCUT2D eigenvalue weighted by atomic mass is 16.5. The van der Waals surface area contributed by atoms with Gasteiger partial charge in [-0.2, -0.15) is 0 Å². The van der Waals surface area contributed by atoms with E-state index in [1.807, 2.05) is 6.92 Å². The van der Waals surface area contributed by atoms with E-state index in [1.165, 1.54) is 0 Å². The number of carbonyl (C=O) groups is 1. The fraction of sp³-hybridized carbons (Fsp3) is 0.929. The monoisotopic (exact) mass is 254 g/mol. The zero-order valence-corrected chi connectivity index (χ0v) is 12.0. The van der Waals surface area contributed by atoms with Gasteiger partial charge in [0.25, 0.3) is 0 Å². The largest absolute Gasteiger partial charge is 0.377 e. The van der Waals surface area contributed by atoms with Crippen molar-refractivity contribution in [2.24, 2.45) is 17.1 Å². The third kappa shape index (κ3) is 1.69. The minimum Gasteiger partial charge on any atom is -0.377 e. The van der Waals surface area contributed by atoms with E-state index in [1.54, 1.807) is 0 Å². The van der Waals surface area contributed by atoms with Crippen LogP contribution in [0, 0.1) is 11.3 Å². The quantitative estimate of drug-likeness (QED) is 0.801. The third-order valence-electron chi connectivity index (χ3n) is 5.05. The van der Waals surface area contributed by atoms with Crippen LogP contribution in [0.2, 0.25) is 0 Å². The zero-order chi connectivity index (χ0) is 13.6. The number of nitrogens with two attached hydrogens (primary N) is 1. The van der Waals surface area contributed by atoms with Crippen LogP contribution in [0.3, 0.4) is 0 Å². The zero-order valence-electron chi connectivity index (χ0n) is 12.0. The molecule has 2 fully saturated rings. The second kappa shape index (κ2) is 4.49. The summed E-state index contributed by atoms with van der Waals surface area (Å²) in [6, 6.07) is 0.178. The number of hydrogen-bond acceptors (Lipinski definition) is 3. The van der Waals surface area contributed by atoms with E-state index < -0.39 is 5.54 Å². The number of rotatable bonds is 3. The minimum absolute atomic E-state index is 0.00593. The molecule has 4 atom stereocenters. The topological polar surface area (TPSA) is 64.4 Å². The number of fused-ring (bicyclic) bond motifs is 1. The van der Waals surface area contributed by atoms with Gasteiger partial charge in [-0.05, 0) is 26.2 Å². The molecule has 4 nitrogen and oxygen atoms in total. The predicted molar refractivity (Wildman–Crippen MR) is 71.1 cm³/mol. The number of ether oxygens (including phenoxy) is 1. The Bertz CT molecular complexity index is 343. The first-order chi connectivity index (χ1) is 8.35. The highest BCUT2D eigenvalue weighted by molar-refractivity contribution is 5.89. The van der Waals surface area contributed by atoms with Crippen LogP contribution in [0.5, 0.6) is 0 Å². The SMILES string of the molecule is CCC(C)NC(=O)C1(N)C2CCCOC2C1(C)C. The first kappa shape index (κ1) is 13.8. The molecule has 2 rings (SSSR count). The molecule has 104 valence electrons. The lowest BCUT2D eigenvalue weighted by Crippen LogP contribution is -2.82. The molecule has 4 heteroatoms. The Morgan fingerprint density at radius 2 is 2.22 bits per heavy atom. The lowest BCUT2D eigenvalue weighted by atomic mass is 9.46. The van der Waals surface area contributed by atoms with Crippen LogP contribution >= 0.6 is 0 Å². The molecule has 1 aliphatic carbocycles. The summed E-state index contributed by atoms with van der Waals surface area (Å²) in [5.41, 5.74) is 5.43. The van der Waals surface area contributed by atoms with E-state index in [0.717, 1.165) is 25.9 Å². The summed E-state index contributed by atoms with van der Waals surface area (Å²) in [7, 11) is 0. The second-order valence-corrected chi connectivity index (χ2v) is 6.41. The highest BCUT2D eigenvalue weighted by Gasteiger charge is 2.70. The van der Waals surface area contributed by atoms with Crippen molar-refractivity contribution in [2.75, 3.05) is 6.61 Å². The van der Waals surface area contributed by atoms with E-state index in [9.17, 15) is 4.79 Å². The van der Waals surface area contributed by atoms with Crippen molar-refractivity contribution >= 4 is 5.91 Å². The van der Waals surface area contributed by atoms with Gasteiger partial charge >= 0.3 is 0 Å². The van der Waals surface area contributed by atoms with Gasteiger partial charge in [0.15, 0.2) is 0 Å². The molecule has 1 heterocycles. The molecule has 2 aliphatic rings. The molecule has 3 N–H and O–H groups in total. The lowest BCUT2D eigenvalue weighted by molar-refractivity contribution is -0.225. The van der Waals surface area contributed by atoms with E-state index >= 15 is 0 Å². The van der Waals surface area contributed by atoms with Crippen LogP contribution in [-0.2, 0) is 9.53 Å². The molecule has 4 unspecified atom stereocenters. The van der Waals surface area contributed by atoms with Crippen LogP contribution in [0.1, 0.15) is 47.0 Å². The van der Waals surface area contributed by atoms with Crippen molar-refractivity contribution in [1.29, 1.82) is 0 Å². The molecule has 0 aromatic carbocycles. The maximum Gasteiger partial charge on any atom is 0.241 e. The summed E-state index contributed by atoms with van der Waals surface area (Å²) in [5, 5.41) is 3.04. The Morgan fingerprint density at radius 1 is 1.56 bits per heavy atom. The Labute approximate surface area is 110 Å². The fourth-order valence-electron chi connectivity index (χ4n) is 3.48. The summed E-state index contributed by atoms with van der Waals surface area (Å²) >= 11 is 0. The number of nitrogens with one attached hydrogen (secondary N) is 1. The third-order valence-corrected chi connectivity index (χ3v) is 5.05. The van der Waals surface area contributed by atoms with Gasteiger partial charge in [-0.25, -0.2) is 0 Å². The molecular weight excluding hydrogens is 228 g/mol. The maximum absolute atomic E-state index is 12.5. The van der Waals surface area contributed by atoms with Crippen molar-refractivity contribution in [1.82, 2.24) is 5.32 Å². The summed E-state index contributed by atoms with van der Waals surface area (Å²) in [6.45, 7) is 8.98. The average molecular weight is 254 g/mol. The van der Waals surface area contributed by atoms with Gasteiger partial charge < -0.3 is 15.8 Å². The molecule has 18 heavy (non-hydrogen) atoms. The number of amides is 1. The smallest absolute Gasteiger partial charge is 0.241 e. The summed E-state index contributed by atoms with van der Waals surface area (Å²) in [4.78, 5) is 12.5. The van der Waals surface area contributed by atoms with Crippen molar-refractivity contribution in [3.8, 4) is 0 Å². The van der Waals surface area contributed by atoms with Gasteiger partial charge in [-0.1, -0.05) is 20.8 Å². The van der Waals surface area contributed by atoms with Crippen LogP contribution < -0.4 is 11.1 Å². The standard InChI is InChI=1S/C14H26N2O2/c1-5-9(2)16-12(17)14(15)10-7-6-8-18-11(10)13(14,3)4/h9-11H,5-8,15H2,1-4H3,(H,16,17). The van der Waals surface area contributed by atoms with Gasteiger partial charge in [-0.3, -0.25) is 4.79 Å². The first-order valence-corrected chi connectivity index (χ1v) is 7.07. The van der Waals surface area contributed by atoms with Crippen molar-refractivity contribution in [3.05, 3.63) is 0 Å². The van der Waals surface area contributed by atoms with Gasteiger partial charge in [0.1, 0.15) is 5.54 Å². The Hall–Kier alpha value is -0.610. The van der Waals surface area contributed by atoms with E-state index in [-0.39, 0.29) is 29.4 Å². The van der Waals surface area contributed by atoms with Crippen LogP contribution in [-0.4, -0.2) is 30.2 Å². The van der Waals surface area contributed by atoms with Crippen LogP contribution in [0.4, 0.5) is 0 Å². The van der Waals surface area contributed by atoms with E-state index in [4.69, 9.17) is 10.5 Å². The minimum atomic E-state index is -0.776. The van der Waals surface area contributed by atoms with Crippen molar-refractivity contribution in [3.63, 3.8) is 0 Å². The molecular formula is C14H26N2O2. The van der Waals surface area contributed by atoms with Gasteiger partial charge in [0.05, 0.1) is 6.10 Å². The number of hydrogen-bond donors (Lipinski definition) is 2. The highest BCUT2D eigenvalue weighted by Crippen LogP contribution is 2.57. The molecule has 0 aromatic rings. The molecule has 0 radical (unpaired) electrons. The van der Waals surface area contributed by atoms with Gasteiger partial charge in [-0.15, -0.1) is 0 Å². The van der Waals surface area contributed by atoms with Gasteiger partial charge in [0.2, 0.25) is 5.91 Å². The van der Waals surface area contributed by atoms with Crippen LogP contribution in [0.25, 0.3) is 0 Å². The second-order valence-electron chi connectivity index (χ2n) is 6.41. The number of carbonyl (C=O) groups excluding carboxylic acids is 1. The summed E-state index contributed by atoms with van der Waals surface area (Å²) in [6.07, 6.45) is 3.07. The van der Waals surface area contributed by atoms with E-state index in [2.05, 4.69) is 26.1 Å². The molecule has 0 spiro atoms. The lowest BCUT2D eigenvalue weighted by Gasteiger charge is -2.65. The van der Waals surface area contributed by atoms with Crippen molar-refractivity contribution in [2.45, 2.75) is 64.6 Å². The van der Waals surface area contributed by atoms with E-state index in [0.29, 0.717) is 0 Å². The predicted octanol–water partition coefficient (Wildman–Crippen LogP) is 1.43. The van der Waals surface area contributed by atoms with Crippen LogP contribution in [0.15, 0.2) is 0 Å². The maximum atomic E-state index is 12.5. The molecule has 0 aromatic heterocycles. The first-order valence-electron chi connectivity index (χ1n) is 7.07. The van der Waals surface area contributed by atoms with Crippen molar-refractivity contribution < 1.29 is 9.53 Å². The normalized spacial score (nSPS) is 39.4. The Morgan fingerprint density at radius 3 is 2.83 bits per heavy atom. The molecule has 1 saturated heterocycles. The summed E-state index contributed by atoms with van der Waals surface area (Å²) < 4.78 is 5.81. The average Bonchev–Trinajstić information content (AvgIpc) is 2.37. The van der Waals surface area contributed by atoms with Gasteiger partial charge in [0, 0.05) is 24.0 Å². The molecule has 0 bridgehead atoms. The Balaban J connectivity index is 2.16. The molecule has 1 saturated carbocycles. The molecule has 1 amide bonds. The molecule has 1 aliphatic heterocycles. The Kier molecular flexibility index (Phi) is 3.45.